The number of thiazole rings is 4. The van der Waals surface area contributed by atoms with Crippen molar-refractivity contribution in [2.45, 2.75) is 49.7 Å². The minimum Gasteiger partial charge on any atom is -0.494 e. The molecule has 0 spiro atoms. The van der Waals surface area contributed by atoms with Gasteiger partial charge in [0, 0.05) is 165 Å². The Morgan fingerprint density at radius 3 is 1.18 bits per heavy atom. The van der Waals surface area contributed by atoms with Crippen LogP contribution in [-0.2, 0) is 20.1 Å². The van der Waals surface area contributed by atoms with Crippen molar-refractivity contribution < 1.29 is 33.1 Å². The highest BCUT2D eigenvalue weighted by molar-refractivity contribution is 7.14. The van der Waals surface area contributed by atoms with E-state index in [0.29, 0.717) is 55.4 Å². The number of nitrogens with zero attached hydrogens (tertiary/aromatic N) is 18. The van der Waals surface area contributed by atoms with Crippen LogP contribution in [0.1, 0.15) is 94.5 Å². The van der Waals surface area contributed by atoms with Gasteiger partial charge in [-0.15, -0.1) is 45.3 Å². The van der Waals surface area contributed by atoms with Crippen molar-refractivity contribution in [2.75, 3.05) is 158 Å². The number of carbonyl (C=O) groups is 5. The van der Waals surface area contributed by atoms with Crippen LogP contribution in [-0.4, -0.2) is 209 Å². The zero-order chi connectivity index (χ0) is 86.9. The molecule has 0 atom stereocenters. The van der Waals surface area contributed by atoms with Gasteiger partial charge >= 0.3 is 17.1 Å². The third-order valence-corrected chi connectivity index (χ3v) is 25.0. The maximum Gasteiger partial charge on any atom is 0.335 e. The monoisotopic (exact) mass is 1840 g/mol. The summed E-state index contributed by atoms with van der Waals surface area (Å²) in [4.78, 5) is 150. The van der Waals surface area contributed by atoms with Crippen LogP contribution in [0.4, 0.5) is 55.0 Å². The number of aromatic amines is 1. The Hall–Kier alpha value is -14.1. The molecule has 4 aromatic carbocycles. The molecule has 0 saturated carbocycles. The number of hydrogen-bond donors (Lipinski definition) is 9. The molecule has 36 nitrogen and oxygen atoms in total. The largest absolute Gasteiger partial charge is 0.494 e. The molecule has 41 heteroatoms. The highest BCUT2D eigenvalue weighted by Crippen LogP contribution is 2.37. The molecule has 5 aliphatic rings. The van der Waals surface area contributed by atoms with Crippen LogP contribution >= 0.6 is 45.3 Å². The Bertz CT molecular complexity index is 6740. The number of fused-ring (bicyclic) bond motifs is 4. The summed E-state index contributed by atoms with van der Waals surface area (Å²) < 4.78 is 27.4. The number of methoxy groups -OCH3 is 1. The van der Waals surface area contributed by atoms with Crippen molar-refractivity contribution in [3.05, 3.63) is 251 Å². The second-order valence-corrected chi connectivity index (χ2v) is 32.6. The number of aromatic nitrogens is 14. The molecule has 4 fully saturated rings. The van der Waals surface area contributed by atoms with E-state index in [9.17, 15) is 42.7 Å². The predicted octanol–water partition coefficient (Wildman–Crippen LogP) is 11.1. The summed E-state index contributed by atoms with van der Waals surface area (Å²) in [5.41, 5.74) is 11.7. The van der Waals surface area contributed by atoms with Crippen LogP contribution in [0.5, 0.6) is 5.75 Å². The Labute approximate surface area is 762 Å². The van der Waals surface area contributed by atoms with E-state index in [4.69, 9.17) is 4.74 Å². The number of benzene rings is 4. The average Bonchev–Trinajstić information content (AvgIpc) is 1.61. The Morgan fingerprint density at radius 1 is 0.431 bits per heavy atom. The third-order valence-electron chi connectivity index (χ3n) is 21.6. The standard InChI is InChI=1S/C22H21FN6O3S.C22H23N7O2S.C21H21N7O2S.C20H19N7O2S.4CH4/c1-32-17-3-2-13-11-29(21(31)18(13)19(17)23)22-27-15(12-33-22)20(30)26-14-10-25-5-4-16(14)28-8-6-24-7-9-28;1-2-28-18-5-3-4-6-19(18)29(22(28)31)21-26-16(14-32-21)20(30)25-15-13-24-8-7-17(15)27-11-9-23-10-12-27;1-26-17-4-2-3-5-18(17)28(21(26)30)20-25-15(13-31-20)19(29)24-14-12-23-7-6-16(14)27-10-8-22-9-11-27;28-18(23-14-11-22-6-5-16(14)26-9-7-21-8-10-26)15-12-30-20(25-15)27-17-4-2-1-3-13(17)24-19(27)29;;;;/h2-5,10,12,24H,6-9,11H2,1H3,(H,26,30);3-8,13-14,23H,2,9-12H2,1H3,(H,25,30);2-7,12-13,22H,8-11H2,1H3,(H,24,29);1-6,11-12,21H,7-10H2,(H,23,28)(H,24,29);4*1H4. The van der Waals surface area contributed by atoms with Crippen LogP contribution in [0.25, 0.3) is 48.5 Å². The summed E-state index contributed by atoms with van der Waals surface area (Å²) in [6, 6.07) is 33.2. The molecule has 0 radical (unpaired) electrons. The van der Waals surface area contributed by atoms with Gasteiger partial charge in [0.1, 0.15) is 22.8 Å². The summed E-state index contributed by atoms with van der Waals surface area (Å²) in [7, 11) is 3.08. The maximum atomic E-state index is 14.6. The van der Waals surface area contributed by atoms with Crippen molar-refractivity contribution in [1.82, 2.24) is 89.0 Å². The lowest BCUT2D eigenvalue weighted by atomic mass is 10.1. The number of anilines is 9. The van der Waals surface area contributed by atoms with E-state index in [1.54, 1.807) is 97.9 Å². The molecule has 20 rings (SSSR count). The van der Waals surface area contributed by atoms with Gasteiger partial charge in [0.15, 0.2) is 32.1 Å². The van der Waals surface area contributed by atoms with Crippen molar-refractivity contribution in [2.24, 2.45) is 7.05 Å². The number of piperazine rings is 4. The van der Waals surface area contributed by atoms with Crippen molar-refractivity contribution in [3.63, 3.8) is 0 Å². The molecule has 5 amide bonds. The van der Waals surface area contributed by atoms with Crippen molar-refractivity contribution in [1.29, 1.82) is 0 Å². The number of para-hydroxylation sites is 6. The number of aryl methyl sites for hydroxylation is 2. The molecule has 676 valence electrons. The first-order chi connectivity index (χ1) is 61.6. The number of H-pyrrole nitrogens is 1. The number of halogens is 1. The van der Waals surface area contributed by atoms with E-state index in [0.717, 1.165) is 172 Å². The van der Waals surface area contributed by atoms with Gasteiger partial charge in [-0.1, -0.05) is 72.2 Å². The average molecular weight is 1840 g/mol. The van der Waals surface area contributed by atoms with E-state index in [-0.39, 0.29) is 105 Å². The van der Waals surface area contributed by atoms with E-state index in [1.807, 2.05) is 104 Å². The van der Waals surface area contributed by atoms with Crippen molar-refractivity contribution in [3.8, 4) is 21.1 Å². The zero-order valence-electron chi connectivity index (χ0n) is 68.3. The fraction of sp³-hybridized carbons (Fsp3) is 0.281. The second kappa shape index (κ2) is 42.2. The predicted molar refractivity (Wildman–Crippen MR) is 514 cm³/mol. The molecule has 0 bridgehead atoms. The number of amides is 5. The van der Waals surface area contributed by atoms with Crippen LogP contribution < -0.4 is 88.8 Å². The minimum absolute atomic E-state index is 0. The van der Waals surface area contributed by atoms with Gasteiger partial charge in [-0.05, 0) is 79.2 Å². The fourth-order valence-electron chi connectivity index (χ4n) is 15.4. The van der Waals surface area contributed by atoms with Gasteiger partial charge in [0.25, 0.3) is 29.5 Å². The molecule has 11 aromatic heterocycles. The Balaban J connectivity index is 0.000000146. The fourth-order valence-corrected chi connectivity index (χ4v) is 18.6. The highest BCUT2D eigenvalue weighted by atomic mass is 32.1. The number of ether oxygens (including phenoxy) is 1. The van der Waals surface area contributed by atoms with Gasteiger partial charge in [-0.3, -0.25) is 57.9 Å². The third kappa shape index (κ3) is 19.6. The lowest BCUT2D eigenvalue weighted by Crippen LogP contribution is -2.43. The maximum absolute atomic E-state index is 14.6. The lowest BCUT2D eigenvalue weighted by Gasteiger charge is -2.30. The van der Waals surface area contributed by atoms with Crippen LogP contribution in [0.15, 0.2) is 195 Å². The first-order valence-electron chi connectivity index (χ1n) is 40.5. The molecule has 0 aliphatic carbocycles. The van der Waals surface area contributed by atoms with Gasteiger partial charge in [0.05, 0.1) is 123 Å². The number of nitrogens with one attached hydrogen (secondary N) is 9. The molecule has 4 saturated heterocycles. The lowest BCUT2D eigenvalue weighted by molar-refractivity contribution is 0.0986. The van der Waals surface area contributed by atoms with Crippen molar-refractivity contribution >= 4 is 159 Å². The Morgan fingerprint density at radius 2 is 0.777 bits per heavy atom. The molecule has 9 N–H and O–H groups in total. The van der Waals surface area contributed by atoms with Gasteiger partial charge < -0.3 is 71.9 Å². The normalized spacial score (nSPS) is 14.1. The Kier molecular flexibility index (Phi) is 30.4. The van der Waals surface area contributed by atoms with E-state index < -0.39 is 17.6 Å². The number of hydrogen-bond acceptors (Lipinski definition) is 29. The van der Waals surface area contributed by atoms with E-state index >= 15 is 0 Å². The molecule has 5 aliphatic heterocycles. The summed E-state index contributed by atoms with van der Waals surface area (Å²) >= 11 is 4.93. The topological polar surface area (TPSA) is 402 Å². The molecule has 15 aromatic rings. The number of carbonyl (C=O) groups excluding carboxylic acids is 5. The van der Waals surface area contributed by atoms with Crippen LogP contribution in [0.2, 0.25) is 0 Å². The summed E-state index contributed by atoms with van der Waals surface area (Å²) in [6.07, 6.45) is 13.4. The van der Waals surface area contributed by atoms with Gasteiger partial charge in [-0.25, -0.2) is 52.4 Å². The molecule has 0 unspecified atom stereocenters. The summed E-state index contributed by atoms with van der Waals surface area (Å²) in [6.45, 7) is 16.6. The molecule has 130 heavy (non-hydrogen) atoms. The minimum atomic E-state index is -0.686. The quantitative estimate of drug-likeness (QED) is 0.0385. The summed E-state index contributed by atoms with van der Waals surface area (Å²) in [5.74, 6) is -2.58. The van der Waals surface area contributed by atoms with Crippen LogP contribution in [0, 0.1) is 5.82 Å². The van der Waals surface area contributed by atoms with E-state index in [2.05, 4.69) is 107 Å². The first kappa shape index (κ1) is 93.6. The SMILES string of the molecule is C.C.C.C.CCn1c(=O)n(-c2nc(C(=O)Nc3cnccc3N3CCNCC3)cs2)c2ccccc21.COc1ccc2c(c1F)C(=O)N(c1nc(C(=O)Nc3cnccc3N3CCNCC3)cs1)C2.Cn1c(=O)n(-c2nc(C(=O)Nc3cnccc3N3CCNCC3)cs2)c2ccccc21.O=C(Nc1cnccc1N1CCNCC1)c1csc(-n2c(=O)[nH]c3ccccc32)n1. The molecule has 16 heterocycles. The number of rotatable bonds is 18. The molecular formula is C89H100FN27O9S4. The molecular weight excluding hydrogens is 1740 g/mol. The van der Waals surface area contributed by atoms with Gasteiger partial charge in [0.2, 0.25) is 0 Å². The first-order valence-corrected chi connectivity index (χ1v) is 44.0. The van der Waals surface area contributed by atoms with E-state index in [1.165, 1.54) is 61.2 Å². The number of pyridine rings is 4. The van der Waals surface area contributed by atoms with Gasteiger partial charge in [-0.2, -0.15) is 0 Å². The zero-order valence-corrected chi connectivity index (χ0v) is 71.5. The number of imidazole rings is 3. The second-order valence-electron chi connectivity index (χ2n) is 29.2. The summed E-state index contributed by atoms with van der Waals surface area (Å²) in [5, 5.41) is 33.2. The van der Waals surface area contributed by atoms with Crippen LogP contribution in [0.3, 0.4) is 0 Å². The highest BCUT2D eigenvalue weighted by Gasteiger charge is 2.36. The smallest absolute Gasteiger partial charge is 0.335 e.